The zero-order chi connectivity index (χ0) is 25.8. The van der Waals surface area contributed by atoms with E-state index in [1.807, 2.05) is 44.2 Å². The fraction of sp³-hybridized carbons (Fsp3) is 0.303. The van der Waals surface area contributed by atoms with E-state index in [1.165, 1.54) is 35.3 Å². The lowest BCUT2D eigenvalue weighted by Gasteiger charge is -2.23. The van der Waals surface area contributed by atoms with Crippen molar-refractivity contribution < 1.29 is 5.11 Å². The molecule has 1 fully saturated rings. The highest BCUT2D eigenvalue weighted by molar-refractivity contribution is 7.99. The molecule has 4 heteroatoms. The summed E-state index contributed by atoms with van der Waals surface area (Å²) >= 11 is 8.26. The van der Waals surface area contributed by atoms with Gasteiger partial charge in [-0.2, -0.15) is 11.8 Å². The van der Waals surface area contributed by atoms with Crippen molar-refractivity contribution in [2.75, 3.05) is 5.75 Å². The van der Waals surface area contributed by atoms with Gasteiger partial charge in [0.25, 0.3) is 0 Å². The Bertz CT molecular complexity index is 1400. The van der Waals surface area contributed by atoms with Gasteiger partial charge in [0.2, 0.25) is 0 Å². The fourth-order valence-corrected chi connectivity index (χ4v) is 6.38. The second kappa shape index (κ2) is 11.4. The van der Waals surface area contributed by atoms with Gasteiger partial charge in [0, 0.05) is 15.7 Å². The number of fused-ring (bicyclic) bond motifs is 1. The molecule has 37 heavy (non-hydrogen) atoms. The number of halogens is 1. The predicted molar refractivity (Wildman–Crippen MR) is 160 cm³/mol. The van der Waals surface area contributed by atoms with E-state index in [9.17, 15) is 5.11 Å². The maximum atomic E-state index is 10.7. The monoisotopic (exact) mass is 527 g/mol. The Balaban J connectivity index is 1.34. The number of hydrogen-bond donors (Lipinski definition) is 1. The number of aromatic nitrogens is 1. The Labute approximate surface area is 229 Å². The average molecular weight is 528 g/mol. The van der Waals surface area contributed by atoms with Crippen molar-refractivity contribution >= 4 is 46.4 Å². The van der Waals surface area contributed by atoms with Crippen molar-refractivity contribution in [3.8, 4) is 0 Å². The molecular weight excluding hydrogens is 494 g/mol. The van der Waals surface area contributed by atoms with Crippen molar-refractivity contribution in [3.05, 3.63) is 112 Å². The summed E-state index contributed by atoms with van der Waals surface area (Å²) in [5.41, 5.74) is 5.81. The average Bonchev–Trinajstić information content (AvgIpc) is 3.72. The van der Waals surface area contributed by atoms with Crippen molar-refractivity contribution in [3.63, 3.8) is 0 Å². The molecule has 0 radical (unpaired) electrons. The second-order valence-electron chi connectivity index (χ2n) is 10.6. The number of hydrogen-bond acceptors (Lipinski definition) is 3. The molecule has 1 aliphatic rings. The Kier molecular flexibility index (Phi) is 8.04. The first-order valence-corrected chi connectivity index (χ1v) is 14.5. The molecule has 5 rings (SSSR count). The van der Waals surface area contributed by atoms with E-state index in [0.717, 1.165) is 40.9 Å². The van der Waals surface area contributed by atoms with Gasteiger partial charge >= 0.3 is 0 Å². The molecule has 190 valence electrons. The molecule has 1 atom stereocenters. The summed E-state index contributed by atoms with van der Waals surface area (Å²) in [7, 11) is 0. The number of thioether (sulfide) groups is 1. The minimum atomic E-state index is -0.833. The lowest BCUT2D eigenvalue weighted by molar-refractivity contribution is 0.0776. The third kappa shape index (κ3) is 7.04. The molecule has 1 aliphatic carbocycles. The van der Waals surface area contributed by atoms with Gasteiger partial charge in [-0.05, 0) is 97.7 Å². The van der Waals surface area contributed by atoms with E-state index < -0.39 is 5.60 Å². The molecule has 1 aromatic heterocycles. The van der Waals surface area contributed by atoms with Crippen LogP contribution >= 0.6 is 23.4 Å². The molecule has 4 aromatic rings. The maximum absolute atomic E-state index is 10.7. The lowest BCUT2D eigenvalue weighted by atomic mass is 9.90. The van der Waals surface area contributed by atoms with Crippen molar-refractivity contribution in [1.82, 2.24) is 4.98 Å². The molecule has 2 nitrogen and oxygen atoms in total. The quantitative estimate of drug-likeness (QED) is 0.223. The highest BCUT2D eigenvalue weighted by Gasteiger charge is 2.25. The van der Waals surface area contributed by atoms with Gasteiger partial charge < -0.3 is 5.11 Å². The molecule has 0 saturated heterocycles. The van der Waals surface area contributed by atoms with Gasteiger partial charge in [-0.1, -0.05) is 78.3 Å². The van der Waals surface area contributed by atoms with E-state index >= 15 is 0 Å². The molecular formula is C33H34ClNOS. The van der Waals surface area contributed by atoms with Crippen LogP contribution in [0.2, 0.25) is 5.02 Å². The van der Waals surface area contributed by atoms with E-state index in [-0.39, 0.29) is 0 Å². The Morgan fingerprint density at radius 1 is 1.00 bits per heavy atom. The van der Waals surface area contributed by atoms with Crippen LogP contribution in [0.15, 0.2) is 78.9 Å². The molecule has 1 saturated carbocycles. The summed E-state index contributed by atoms with van der Waals surface area (Å²) in [5, 5.41) is 12.9. The Hall–Kier alpha value is -2.59. The van der Waals surface area contributed by atoms with Crippen LogP contribution in [0.4, 0.5) is 0 Å². The molecule has 0 bridgehead atoms. The summed E-state index contributed by atoms with van der Waals surface area (Å²) in [6.07, 6.45) is 8.96. The summed E-state index contributed by atoms with van der Waals surface area (Å²) in [4.78, 5) is 4.76. The van der Waals surface area contributed by atoms with Crippen LogP contribution in [-0.4, -0.2) is 15.8 Å². The number of rotatable bonds is 10. The third-order valence-corrected chi connectivity index (χ3v) is 8.80. The first-order valence-electron chi connectivity index (χ1n) is 13.1. The largest absolute Gasteiger partial charge is 0.386 e. The highest BCUT2D eigenvalue weighted by atomic mass is 35.5. The van der Waals surface area contributed by atoms with Crippen LogP contribution in [0.1, 0.15) is 66.3 Å². The molecule has 0 amide bonds. The number of pyridine rings is 1. The normalized spacial score (nSPS) is 14.9. The van der Waals surface area contributed by atoms with Gasteiger partial charge in [0.15, 0.2) is 0 Å². The molecule has 3 aromatic carbocycles. The number of benzene rings is 3. The van der Waals surface area contributed by atoms with Gasteiger partial charge in [-0.15, -0.1) is 0 Å². The number of aryl methyl sites for hydroxylation is 1. The summed E-state index contributed by atoms with van der Waals surface area (Å²) in [6, 6.07) is 27.2. The first kappa shape index (κ1) is 26.0. The number of nitrogens with zero attached hydrogens (tertiary/aromatic N) is 1. The summed E-state index contributed by atoms with van der Waals surface area (Å²) in [6.45, 7) is 3.75. The van der Waals surface area contributed by atoms with Gasteiger partial charge in [0.1, 0.15) is 0 Å². The lowest BCUT2D eigenvalue weighted by Crippen LogP contribution is -2.18. The van der Waals surface area contributed by atoms with Crippen LogP contribution in [0.3, 0.4) is 0 Å². The highest BCUT2D eigenvalue weighted by Crippen LogP contribution is 2.41. The van der Waals surface area contributed by atoms with Gasteiger partial charge in [0.05, 0.1) is 16.8 Å². The molecule has 0 spiro atoms. The van der Waals surface area contributed by atoms with Crippen LogP contribution < -0.4 is 0 Å². The summed E-state index contributed by atoms with van der Waals surface area (Å²) in [5.74, 6) is 2.10. The van der Waals surface area contributed by atoms with Crippen LogP contribution in [-0.2, 0) is 12.0 Å². The zero-order valence-corrected chi connectivity index (χ0v) is 23.1. The maximum Gasteiger partial charge on any atom is 0.0843 e. The van der Waals surface area contributed by atoms with Gasteiger partial charge in [-0.25, -0.2) is 4.98 Å². The Morgan fingerprint density at radius 2 is 1.81 bits per heavy atom. The SMILES string of the molecule is CC(C)(O)c1ccccc1CC[C@@H](SCC1CC1)c1cccc(/C=C\c2ccc3ccc(Cl)cc3n2)c1. The predicted octanol–water partition coefficient (Wildman–Crippen LogP) is 9.10. The van der Waals surface area contributed by atoms with Crippen molar-refractivity contribution in [2.45, 2.75) is 50.4 Å². The van der Waals surface area contributed by atoms with Crippen molar-refractivity contribution in [1.29, 1.82) is 0 Å². The topological polar surface area (TPSA) is 33.1 Å². The standard InChI is InChI=1S/C33H34ClNOS/c1-33(2,36)30-9-4-3-7-25(30)15-19-32(37-22-24-10-11-24)27-8-5-6-23(20-27)12-17-29-18-14-26-13-16-28(34)21-31(26)35-29/h3-9,12-14,16-18,20-21,24,32,36H,10-11,15,19,22H2,1-2H3/b17-12-/t32-/m1/s1. The van der Waals surface area contributed by atoms with E-state index in [0.29, 0.717) is 10.3 Å². The van der Waals surface area contributed by atoms with E-state index in [1.54, 1.807) is 0 Å². The minimum absolute atomic E-state index is 0.421. The molecule has 0 unspecified atom stereocenters. The van der Waals surface area contributed by atoms with Crippen LogP contribution in [0.25, 0.3) is 23.1 Å². The number of aliphatic hydroxyl groups is 1. The summed E-state index contributed by atoms with van der Waals surface area (Å²) < 4.78 is 0. The van der Waals surface area contributed by atoms with Crippen molar-refractivity contribution in [2.24, 2.45) is 5.92 Å². The van der Waals surface area contributed by atoms with Crippen LogP contribution in [0, 0.1) is 5.92 Å². The second-order valence-corrected chi connectivity index (χ2v) is 12.3. The Morgan fingerprint density at radius 3 is 2.62 bits per heavy atom. The van der Waals surface area contributed by atoms with Gasteiger partial charge in [-0.3, -0.25) is 0 Å². The van der Waals surface area contributed by atoms with E-state index in [4.69, 9.17) is 16.6 Å². The van der Waals surface area contributed by atoms with E-state index in [2.05, 4.69) is 72.4 Å². The molecule has 1 heterocycles. The van der Waals surface area contributed by atoms with Crippen LogP contribution in [0.5, 0.6) is 0 Å². The smallest absolute Gasteiger partial charge is 0.0843 e. The fourth-order valence-electron chi connectivity index (χ4n) is 4.75. The zero-order valence-electron chi connectivity index (χ0n) is 21.5. The minimum Gasteiger partial charge on any atom is -0.386 e. The third-order valence-electron chi connectivity index (χ3n) is 6.99. The molecule has 1 N–H and O–H groups in total. The first-order chi connectivity index (χ1) is 17.8. The molecule has 0 aliphatic heterocycles.